The van der Waals surface area contributed by atoms with Crippen molar-refractivity contribution in [1.82, 2.24) is 9.97 Å². The molecule has 1 aromatic carbocycles. The van der Waals surface area contributed by atoms with Crippen LogP contribution in [0.25, 0.3) is 10.9 Å². The van der Waals surface area contributed by atoms with E-state index < -0.39 is 10.1 Å². The first-order chi connectivity index (χ1) is 12.3. The van der Waals surface area contributed by atoms with Gasteiger partial charge in [0.25, 0.3) is 10.1 Å². The van der Waals surface area contributed by atoms with E-state index in [0.29, 0.717) is 55.2 Å². The molecule has 11 heteroatoms. The fourth-order valence-corrected chi connectivity index (χ4v) is 1.79. The van der Waals surface area contributed by atoms with Crippen LogP contribution in [0.2, 0.25) is 0 Å². The van der Waals surface area contributed by atoms with Gasteiger partial charge in [-0.05, 0) is 12.1 Å². The molecule has 0 fully saturated rings. The number of nitrogens with two attached hydrogens (primary N) is 1. The van der Waals surface area contributed by atoms with Gasteiger partial charge in [-0.2, -0.15) is 18.4 Å². The quantitative estimate of drug-likeness (QED) is 0.490. The second-order valence-electron chi connectivity index (χ2n) is 4.96. The van der Waals surface area contributed by atoms with Crippen molar-refractivity contribution in [3.8, 4) is 11.8 Å². The number of benzene rings is 1. The molecule has 0 aliphatic heterocycles. The summed E-state index contributed by atoms with van der Waals surface area (Å²) in [5.41, 5.74) is 6.66. The maximum Gasteiger partial charge on any atom is 0.319 e. The third kappa shape index (κ3) is 8.25. The molecule has 26 heavy (non-hydrogen) atoms. The number of fused-ring (bicyclic) bond motifs is 1. The molecule has 0 saturated heterocycles. The average molecular weight is 389 g/mol. The van der Waals surface area contributed by atoms with Crippen molar-refractivity contribution in [2.75, 3.05) is 52.6 Å². The molecule has 0 aliphatic rings. The van der Waals surface area contributed by atoms with Gasteiger partial charge < -0.3 is 24.7 Å². The number of nitrogens with zero attached hydrogens (tertiary/aromatic N) is 2. The van der Waals surface area contributed by atoms with Crippen molar-refractivity contribution in [3.63, 3.8) is 0 Å². The second kappa shape index (κ2) is 10.7. The topological polar surface area (TPSA) is 143 Å². The molecule has 146 valence electrons. The number of hydrogen-bond acceptors (Lipinski definition) is 9. The summed E-state index contributed by atoms with van der Waals surface area (Å²) < 4.78 is 46.8. The third-order valence-electron chi connectivity index (χ3n) is 2.76. The molecule has 0 radical (unpaired) electrons. The first-order valence-corrected chi connectivity index (χ1v) is 9.33. The summed E-state index contributed by atoms with van der Waals surface area (Å²) >= 11 is 0. The molecular formula is C15H23N3O7S. The lowest BCUT2D eigenvalue weighted by molar-refractivity contribution is 0.141. The fraction of sp³-hybridized carbons (Fsp3) is 0.467. The van der Waals surface area contributed by atoms with Gasteiger partial charge >= 0.3 is 6.01 Å². The lowest BCUT2D eigenvalue weighted by Gasteiger charge is -2.11. The largest absolute Gasteiger partial charge is 0.490 e. The van der Waals surface area contributed by atoms with Gasteiger partial charge in [0.2, 0.25) is 0 Å². The van der Waals surface area contributed by atoms with Crippen molar-refractivity contribution < 1.29 is 31.9 Å². The van der Waals surface area contributed by atoms with Crippen LogP contribution in [0, 0.1) is 0 Å². The molecule has 3 N–H and O–H groups in total. The van der Waals surface area contributed by atoms with Gasteiger partial charge in [0.1, 0.15) is 24.8 Å². The molecule has 1 heterocycles. The van der Waals surface area contributed by atoms with Gasteiger partial charge in [0.05, 0.1) is 30.4 Å². The monoisotopic (exact) mass is 389 g/mol. The molecule has 0 aliphatic carbocycles. The highest BCUT2D eigenvalue weighted by Crippen LogP contribution is 2.29. The standard InChI is InChI=1S/C14H19N3O4.CH4O3S/c1-18-6-8-20-11-5-3-4-10-12(11)13(15)17-14(16-10)21-9-7-19-2;1-5(2,3)4/h3-5H,6-9H2,1-2H3,(H2,15,16,17);1H3,(H,2,3,4). The van der Waals surface area contributed by atoms with Crippen molar-refractivity contribution in [3.05, 3.63) is 18.2 Å². The first kappa shape index (κ1) is 21.8. The molecule has 10 nitrogen and oxygen atoms in total. The van der Waals surface area contributed by atoms with Crippen LogP contribution in [-0.4, -0.2) is 69.8 Å². The highest BCUT2D eigenvalue weighted by Gasteiger charge is 2.11. The van der Waals surface area contributed by atoms with Crippen LogP contribution in [0.15, 0.2) is 18.2 Å². The van der Waals surface area contributed by atoms with Crippen molar-refractivity contribution in [1.29, 1.82) is 0 Å². The van der Waals surface area contributed by atoms with Gasteiger partial charge in [-0.15, -0.1) is 0 Å². The Kier molecular flexibility index (Phi) is 8.99. The van der Waals surface area contributed by atoms with Gasteiger partial charge in [-0.3, -0.25) is 4.55 Å². The maximum atomic E-state index is 9.19. The second-order valence-corrected chi connectivity index (χ2v) is 6.42. The Morgan fingerprint density at radius 3 is 2.19 bits per heavy atom. The molecular weight excluding hydrogens is 366 g/mol. The van der Waals surface area contributed by atoms with E-state index >= 15 is 0 Å². The zero-order chi connectivity index (χ0) is 19.6. The van der Waals surface area contributed by atoms with Gasteiger partial charge in [-0.25, -0.2) is 0 Å². The molecule has 0 spiro atoms. The zero-order valence-electron chi connectivity index (χ0n) is 14.8. The Morgan fingerprint density at radius 1 is 1.04 bits per heavy atom. The number of hydrogen-bond donors (Lipinski definition) is 2. The Hall–Kier alpha value is -2.21. The van der Waals surface area contributed by atoms with Gasteiger partial charge in [0, 0.05) is 14.2 Å². The summed E-state index contributed by atoms with van der Waals surface area (Å²) in [5.74, 6) is 0.950. The van der Waals surface area contributed by atoms with Crippen LogP contribution in [0.1, 0.15) is 0 Å². The Labute approximate surface area is 152 Å². The minimum absolute atomic E-state index is 0.228. The number of rotatable bonds is 8. The zero-order valence-corrected chi connectivity index (χ0v) is 15.7. The molecule has 1 aromatic heterocycles. The van der Waals surface area contributed by atoms with Crippen LogP contribution in [0.5, 0.6) is 11.8 Å². The van der Waals surface area contributed by atoms with E-state index in [2.05, 4.69) is 9.97 Å². The number of nitrogen functional groups attached to an aromatic ring is 1. The minimum atomic E-state index is -3.67. The summed E-state index contributed by atoms with van der Waals surface area (Å²) in [7, 11) is -0.448. The highest BCUT2D eigenvalue weighted by molar-refractivity contribution is 7.85. The predicted octanol–water partition coefficient (Wildman–Crippen LogP) is 0.766. The van der Waals surface area contributed by atoms with E-state index in [9.17, 15) is 8.42 Å². The third-order valence-corrected chi connectivity index (χ3v) is 2.76. The number of methoxy groups -OCH3 is 2. The Bertz CT molecular complexity index is 791. The maximum absolute atomic E-state index is 9.19. The summed E-state index contributed by atoms with van der Waals surface area (Å²) in [6.07, 6.45) is 0.715. The van der Waals surface area contributed by atoms with E-state index in [0.717, 1.165) is 0 Å². The van der Waals surface area contributed by atoms with Crippen molar-refractivity contribution >= 4 is 26.8 Å². The summed E-state index contributed by atoms with van der Waals surface area (Å²) in [6.45, 7) is 1.75. The molecule has 2 rings (SSSR count). The van der Waals surface area contributed by atoms with E-state index in [1.165, 1.54) is 0 Å². The predicted molar refractivity (Wildman–Crippen MR) is 96.2 cm³/mol. The summed E-state index contributed by atoms with van der Waals surface area (Å²) in [5, 5.41) is 0.674. The average Bonchev–Trinajstić information content (AvgIpc) is 2.54. The van der Waals surface area contributed by atoms with Crippen LogP contribution < -0.4 is 15.2 Å². The van der Waals surface area contributed by atoms with Crippen LogP contribution >= 0.6 is 0 Å². The van der Waals surface area contributed by atoms with Gasteiger partial charge in [0.15, 0.2) is 0 Å². The number of ether oxygens (including phenoxy) is 4. The van der Waals surface area contributed by atoms with E-state index in [1.54, 1.807) is 14.2 Å². The van der Waals surface area contributed by atoms with E-state index in [-0.39, 0.29) is 6.01 Å². The number of anilines is 1. The number of aromatic nitrogens is 2. The Morgan fingerprint density at radius 2 is 1.62 bits per heavy atom. The van der Waals surface area contributed by atoms with Crippen molar-refractivity contribution in [2.45, 2.75) is 0 Å². The lowest BCUT2D eigenvalue weighted by Crippen LogP contribution is -2.09. The smallest absolute Gasteiger partial charge is 0.319 e. The summed E-state index contributed by atoms with van der Waals surface area (Å²) in [4.78, 5) is 8.46. The van der Waals surface area contributed by atoms with Gasteiger partial charge in [-0.1, -0.05) is 6.07 Å². The molecule has 0 atom stereocenters. The molecule has 0 saturated carbocycles. The van der Waals surface area contributed by atoms with E-state index in [4.69, 9.17) is 29.2 Å². The molecule has 0 amide bonds. The first-order valence-electron chi connectivity index (χ1n) is 7.48. The summed E-state index contributed by atoms with van der Waals surface area (Å²) in [6, 6.07) is 5.73. The van der Waals surface area contributed by atoms with Crippen LogP contribution in [-0.2, 0) is 19.6 Å². The van der Waals surface area contributed by atoms with Crippen LogP contribution in [0.4, 0.5) is 5.82 Å². The lowest BCUT2D eigenvalue weighted by atomic mass is 10.2. The SMILES string of the molecule is COCCOc1nc(N)c2c(OCCOC)cccc2n1.CS(=O)(=O)O. The van der Waals surface area contributed by atoms with Crippen molar-refractivity contribution in [2.24, 2.45) is 0 Å². The minimum Gasteiger partial charge on any atom is -0.490 e. The Balaban J connectivity index is 0.000000597. The normalized spacial score (nSPS) is 10.9. The molecule has 0 unspecified atom stereocenters. The highest BCUT2D eigenvalue weighted by atomic mass is 32.2. The fourth-order valence-electron chi connectivity index (χ4n) is 1.79. The molecule has 2 aromatic rings. The molecule has 0 bridgehead atoms. The van der Waals surface area contributed by atoms with E-state index in [1.807, 2.05) is 18.2 Å². The van der Waals surface area contributed by atoms with Crippen LogP contribution in [0.3, 0.4) is 0 Å².